The molecule has 17 heavy (non-hydrogen) atoms. The number of likely N-dealkylation sites (tertiary alicyclic amines) is 1. The van der Waals surface area contributed by atoms with Crippen molar-refractivity contribution in [2.24, 2.45) is 5.41 Å². The maximum atomic E-state index is 12.4. The van der Waals surface area contributed by atoms with Gasteiger partial charge in [0.15, 0.2) is 0 Å². The van der Waals surface area contributed by atoms with Crippen molar-refractivity contribution in [3.8, 4) is 0 Å². The molecule has 1 heterocycles. The summed E-state index contributed by atoms with van der Waals surface area (Å²) in [5.74, 6) is 0.141. The van der Waals surface area contributed by atoms with Gasteiger partial charge in [-0.05, 0) is 52.4 Å². The largest absolute Gasteiger partial charge is 0.338 e. The van der Waals surface area contributed by atoms with E-state index in [9.17, 15) is 4.79 Å². The number of nitrogens with zero attached hydrogens (tertiary/aromatic N) is 1. The average molecular weight is 296 g/mol. The first kappa shape index (κ1) is 12.6. The van der Waals surface area contributed by atoms with Gasteiger partial charge in [-0.25, -0.2) is 0 Å². The second-order valence-electron chi connectivity index (χ2n) is 5.62. The molecule has 2 rings (SSSR count). The van der Waals surface area contributed by atoms with E-state index in [1.165, 1.54) is 0 Å². The molecule has 1 amide bonds. The number of hydrogen-bond donors (Lipinski definition) is 0. The zero-order valence-electron chi connectivity index (χ0n) is 10.6. The second kappa shape index (κ2) is 4.45. The van der Waals surface area contributed by atoms with Gasteiger partial charge in [-0.3, -0.25) is 4.79 Å². The average Bonchev–Trinajstić information content (AvgIpc) is 2.58. The van der Waals surface area contributed by atoms with Gasteiger partial charge in [0.1, 0.15) is 0 Å². The minimum atomic E-state index is 0.141. The van der Waals surface area contributed by atoms with Crippen LogP contribution in [0.5, 0.6) is 0 Å². The molecule has 0 radical (unpaired) electrons. The SMILES string of the molecule is Cc1ccc(C(=O)N2CCC(C)(C)C2)c(Br)c1. The van der Waals surface area contributed by atoms with Crippen LogP contribution >= 0.6 is 15.9 Å². The molecular formula is C14H18BrNO. The first-order valence-electron chi connectivity index (χ1n) is 5.94. The van der Waals surface area contributed by atoms with Crippen LogP contribution in [0.2, 0.25) is 0 Å². The lowest BCUT2D eigenvalue weighted by molar-refractivity contribution is 0.0777. The van der Waals surface area contributed by atoms with Gasteiger partial charge >= 0.3 is 0 Å². The van der Waals surface area contributed by atoms with Crippen LogP contribution in [0.3, 0.4) is 0 Å². The molecule has 3 heteroatoms. The smallest absolute Gasteiger partial charge is 0.255 e. The van der Waals surface area contributed by atoms with Crippen LogP contribution in [0.4, 0.5) is 0 Å². The molecule has 2 nitrogen and oxygen atoms in total. The van der Waals surface area contributed by atoms with Crippen molar-refractivity contribution in [1.29, 1.82) is 0 Å². The third-order valence-corrected chi connectivity index (χ3v) is 3.98. The molecule has 1 aliphatic heterocycles. The van der Waals surface area contributed by atoms with Gasteiger partial charge in [0.25, 0.3) is 5.91 Å². The molecule has 1 aromatic carbocycles. The molecule has 0 atom stereocenters. The van der Waals surface area contributed by atoms with E-state index in [-0.39, 0.29) is 11.3 Å². The van der Waals surface area contributed by atoms with Crippen molar-refractivity contribution in [2.45, 2.75) is 27.2 Å². The number of hydrogen-bond acceptors (Lipinski definition) is 1. The Bertz CT molecular complexity index is 454. The normalized spacial score (nSPS) is 18.5. The minimum Gasteiger partial charge on any atom is -0.338 e. The van der Waals surface area contributed by atoms with Crippen LogP contribution in [0, 0.1) is 12.3 Å². The number of amides is 1. The Labute approximate surface area is 111 Å². The quantitative estimate of drug-likeness (QED) is 0.775. The molecule has 0 saturated carbocycles. The molecule has 1 fully saturated rings. The number of benzene rings is 1. The molecule has 1 aromatic rings. The van der Waals surface area contributed by atoms with E-state index < -0.39 is 0 Å². The second-order valence-corrected chi connectivity index (χ2v) is 6.48. The monoisotopic (exact) mass is 295 g/mol. The molecule has 0 spiro atoms. The van der Waals surface area contributed by atoms with Crippen LogP contribution < -0.4 is 0 Å². The highest BCUT2D eigenvalue weighted by Gasteiger charge is 2.32. The van der Waals surface area contributed by atoms with Crippen molar-refractivity contribution in [3.05, 3.63) is 33.8 Å². The fraction of sp³-hybridized carbons (Fsp3) is 0.500. The van der Waals surface area contributed by atoms with Crippen molar-refractivity contribution in [1.82, 2.24) is 4.90 Å². The Balaban J connectivity index is 2.21. The van der Waals surface area contributed by atoms with E-state index in [2.05, 4.69) is 29.8 Å². The number of aryl methyl sites for hydroxylation is 1. The van der Waals surface area contributed by atoms with Gasteiger partial charge in [-0.1, -0.05) is 19.9 Å². The van der Waals surface area contributed by atoms with Crippen LogP contribution in [-0.2, 0) is 0 Å². The lowest BCUT2D eigenvalue weighted by atomic mass is 9.93. The van der Waals surface area contributed by atoms with Gasteiger partial charge in [0, 0.05) is 17.6 Å². The van der Waals surface area contributed by atoms with E-state index in [0.717, 1.165) is 35.1 Å². The molecular weight excluding hydrogens is 278 g/mol. The molecule has 0 bridgehead atoms. The van der Waals surface area contributed by atoms with Crippen molar-refractivity contribution in [2.75, 3.05) is 13.1 Å². The fourth-order valence-corrected chi connectivity index (χ4v) is 2.91. The Morgan fingerprint density at radius 1 is 1.41 bits per heavy atom. The highest BCUT2D eigenvalue weighted by Crippen LogP contribution is 2.31. The Hall–Kier alpha value is -0.830. The van der Waals surface area contributed by atoms with Gasteiger partial charge in [-0.2, -0.15) is 0 Å². The standard InChI is InChI=1S/C14H18BrNO/c1-10-4-5-11(12(15)8-10)13(17)16-7-6-14(2,3)9-16/h4-5,8H,6-7,9H2,1-3H3. The first-order valence-corrected chi connectivity index (χ1v) is 6.74. The zero-order chi connectivity index (χ0) is 12.6. The molecule has 1 aliphatic rings. The minimum absolute atomic E-state index is 0.141. The summed E-state index contributed by atoms with van der Waals surface area (Å²) in [6.45, 7) is 8.17. The van der Waals surface area contributed by atoms with Gasteiger partial charge in [0.2, 0.25) is 0 Å². The van der Waals surface area contributed by atoms with Gasteiger partial charge < -0.3 is 4.90 Å². The zero-order valence-corrected chi connectivity index (χ0v) is 12.2. The molecule has 0 N–H and O–H groups in total. The molecule has 0 unspecified atom stereocenters. The summed E-state index contributed by atoms with van der Waals surface area (Å²) in [5.41, 5.74) is 2.19. The van der Waals surface area contributed by atoms with E-state index in [1.54, 1.807) is 0 Å². The molecule has 0 aromatic heterocycles. The Morgan fingerprint density at radius 3 is 2.65 bits per heavy atom. The lowest BCUT2D eigenvalue weighted by Gasteiger charge is -2.20. The molecule has 1 saturated heterocycles. The predicted octanol–water partition coefficient (Wildman–Crippen LogP) is 3.63. The number of carbonyl (C=O) groups excluding carboxylic acids is 1. The van der Waals surface area contributed by atoms with Crippen LogP contribution in [0.25, 0.3) is 0 Å². The van der Waals surface area contributed by atoms with E-state index in [4.69, 9.17) is 0 Å². The predicted molar refractivity (Wildman–Crippen MR) is 73.2 cm³/mol. The summed E-state index contributed by atoms with van der Waals surface area (Å²) >= 11 is 3.48. The van der Waals surface area contributed by atoms with Crippen molar-refractivity contribution < 1.29 is 4.79 Å². The summed E-state index contributed by atoms with van der Waals surface area (Å²) in [5, 5.41) is 0. The highest BCUT2D eigenvalue weighted by molar-refractivity contribution is 9.10. The maximum Gasteiger partial charge on any atom is 0.255 e. The maximum absolute atomic E-state index is 12.4. The summed E-state index contributed by atoms with van der Waals surface area (Å²) in [6, 6.07) is 5.89. The van der Waals surface area contributed by atoms with E-state index >= 15 is 0 Å². The third-order valence-electron chi connectivity index (χ3n) is 3.32. The number of rotatable bonds is 1. The summed E-state index contributed by atoms with van der Waals surface area (Å²) in [6.07, 6.45) is 1.09. The number of halogens is 1. The van der Waals surface area contributed by atoms with Gasteiger partial charge in [-0.15, -0.1) is 0 Å². The number of carbonyl (C=O) groups is 1. The first-order chi connectivity index (χ1) is 7.89. The fourth-order valence-electron chi connectivity index (χ4n) is 2.25. The van der Waals surface area contributed by atoms with Gasteiger partial charge in [0.05, 0.1) is 5.56 Å². The van der Waals surface area contributed by atoms with E-state index in [0.29, 0.717) is 0 Å². The van der Waals surface area contributed by atoms with Crippen LogP contribution in [-0.4, -0.2) is 23.9 Å². The van der Waals surface area contributed by atoms with E-state index in [1.807, 2.05) is 30.0 Å². The van der Waals surface area contributed by atoms with Crippen LogP contribution in [0.15, 0.2) is 22.7 Å². The van der Waals surface area contributed by atoms with Crippen LogP contribution in [0.1, 0.15) is 36.2 Å². The summed E-state index contributed by atoms with van der Waals surface area (Å²) in [7, 11) is 0. The topological polar surface area (TPSA) is 20.3 Å². The Kier molecular flexibility index (Phi) is 3.30. The Morgan fingerprint density at radius 2 is 2.12 bits per heavy atom. The van der Waals surface area contributed by atoms with Crippen molar-refractivity contribution >= 4 is 21.8 Å². The summed E-state index contributed by atoms with van der Waals surface area (Å²) in [4.78, 5) is 14.3. The highest BCUT2D eigenvalue weighted by atomic mass is 79.9. The molecule has 92 valence electrons. The summed E-state index contributed by atoms with van der Waals surface area (Å²) < 4.78 is 0.896. The lowest BCUT2D eigenvalue weighted by Crippen LogP contribution is -2.30. The molecule has 0 aliphatic carbocycles. The van der Waals surface area contributed by atoms with Crippen molar-refractivity contribution in [3.63, 3.8) is 0 Å². The third kappa shape index (κ3) is 2.71.